The molecule has 0 atom stereocenters. The van der Waals surface area contributed by atoms with Gasteiger partial charge in [-0.1, -0.05) is 6.07 Å². The molecule has 1 nitrogen and oxygen atoms in total. The Kier molecular flexibility index (Phi) is 2.03. The standard InChI is InChI=1S/C12H13NS/c1-2-12-11(5-8-14-12)10-4-7-13-6-3-9(1)10/h1-2,5,8,13H,3-4,6-7H2. The van der Waals surface area contributed by atoms with E-state index in [0.717, 1.165) is 13.1 Å². The SMILES string of the molecule is c1cc2c3c(ccc2s1)CCNCC3. The first-order valence-electron chi connectivity index (χ1n) is 5.14. The number of fused-ring (bicyclic) bond motifs is 3. The second kappa shape index (κ2) is 3.37. The third-order valence-corrected chi connectivity index (χ3v) is 3.85. The van der Waals surface area contributed by atoms with Crippen LogP contribution in [0.3, 0.4) is 0 Å². The molecule has 14 heavy (non-hydrogen) atoms. The molecule has 0 spiro atoms. The van der Waals surface area contributed by atoms with E-state index in [1.54, 1.807) is 11.1 Å². The molecule has 0 unspecified atom stereocenters. The lowest BCUT2D eigenvalue weighted by molar-refractivity contribution is 0.711. The van der Waals surface area contributed by atoms with E-state index >= 15 is 0 Å². The van der Waals surface area contributed by atoms with Crippen molar-refractivity contribution in [2.24, 2.45) is 0 Å². The fourth-order valence-corrected chi connectivity index (χ4v) is 3.06. The minimum Gasteiger partial charge on any atom is -0.316 e. The maximum atomic E-state index is 3.45. The topological polar surface area (TPSA) is 12.0 Å². The maximum Gasteiger partial charge on any atom is 0.0345 e. The van der Waals surface area contributed by atoms with Crippen LogP contribution >= 0.6 is 11.3 Å². The van der Waals surface area contributed by atoms with Crippen molar-refractivity contribution in [3.63, 3.8) is 0 Å². The highest BCUT2D eigenvalue weighted by atomic mass is 32.1. The summed E-state index contributed by atoms with van der Waals surface area (Å²) in [5.41, 5.74) is 3.12. The van der Waals surface area contributed by atoms with Crippen molar-refractivity contribution >= 4 is 21.4 Å². The largest absolute Gasteiger partial charge is 0.316 e. The Morgan fingerprint density at radius 1 is 1.07 bits per heavy atom. The Morgan fingerprint density at radius 2 is 2.00 bits per heavy atom. The summed E-state index contributed by atoms with van der Waals surface area (Å²) in [6.45, 7) is 2.25. The summed E-state index contributed by atoms with van der Waals surface area (Å²) < 4.78 is 1.44. The predicted molar refractivity (Wildman–Crippen MR) is 62.1 cm³/mol. The molecule has 2 heterocycles. The zero-order valence-corrected chi connectivity index (χ0v) is 8.86. The van der Waals surface area contributed by atoms with E-state index < -0.39 is 0 Å². The number of benzene rings is 1. The third kappa shape index (κ3) is 1.26. The van der Waals surface area contributed by atoms with Crippen LogP contribution in [0.2, 0.25) is 0 Å². The molecular weight excluding hydrogens is 190 g/mol. The molecule has 72 valence electrons. The van der Waals surface area contributed by atoms with Crippen LogP contribution in [0.5, 0.6) is 0 Å². The zero-order chi connectivity index (χ0) is 9.38. The Hall–Kier alpha value is -0.860. The van der Waals surface area contributed by atoms with Crippen LogP contribution < -0.4 is 5.32 Å². The van der Waals surface area contributed by atoms with Gasteiger partial charge in [0.25, 0.3) is 0 Å². The average Bonchev–Trinajstić information content (AvgIpc) is 2.55. The van der Waals surface area contributed by atoms with Crippen LogP contribution in [-0.2, 0) is 12.8 Å². The number of thiophene rings is 1. The van der Waals surface area contributed by atoms with Gasteiger partial charge in [0.2, 0.25) is 0 Å². The predicted octanol–water partition coefficient (Wildman–Crippen LogP) is 2.59. The molecule has 3 rings (SSSR count). The minimum absolute atomic E-state index is 1.13. The molecule has 0 fully saturated rings. The van der Waals surface area contributed by atoms with Gasteiger partial charge >= 0.3 is 0 Å². The van der Waals surface area contributed by atoms with E-state index in [-0.39, 0.29) is 0 Å². The quantitative estimate of drug-likeness (QED) is 0.694. The smallest absolute Gasteiger partial charge is 0.0345 e. The summed E-state index contributed by atoms with van der Waals surface area (Å²) in [5, 5.41) is 7.13. The van der Waals surface area contributed by atoms with Gasteiger partial charge in [0.1, 0.15) is 0 Å². The van der Waals surface area contributed by atoms with Crippen molar-refractivity contribution in [2.45, 2.75) is 12.8 Å². The molecule has 1 aliphatic heterocycles. The molecule has 0 aliphatic carbocycles. The van der Waals surface area contributed by atoms with E-state index in [1.807, 2.05) is 11.3 Å². The minimum atomic E-state index is 1.13. The van der Waals surface area contributed by atoms with Gasteiger partial charge in [-0.05, 0) is 60.0 Å². The molecule has 1 aliphatic rings. The van der Waals surface area contributed by atoms with E-state index in [4.69, 9.17) is 0 Å². The van der Waals surface area contributed by atoms with Gasteiger partial charge in [-0.3, -0.25) is 0 Å². The Labute approximate surface area is 87.8 Å². The van der Waals surface area contributed by atoms with Crippen LogP contribution in [0.25, 0.3) is 10.1 Å². The highest BCUT2D eigenvalue weighted by Crippen LogP contribution is 2.28. The second-order valence-electron chi connectivity index (χ2n) is 3.79. The lowest BCUT2D eigenvalue weighted by Gasteiger charge is -2.05. The first kappa shape index (κ1) is 8.45. The molecule has 1 N–H and O–H groups in total. The molecule has 0 saturated heterocycles. The lowest BCUT2D eigenvalue weighted by Crippen LogP contribution is -2.16. The number of rotatable bonds is 0. The summed E-state index contributed by atoms with van der Waals surface area (Å²) in [6.07, 6.45) is 2.37. The first-order chi connectivity index (χ1) is 6.95. The maximum absolute atomic E-state index is 3.45. The fraction of sp³-hybridized carbons (Fsp3) is 0.333. The molecule has 0 saturated carbocycles. The Balaban J connectivity index is 2.26. The van der Waals surface area contributed by atoms with Crippen molar-refractivity contribution in [3.05, 3.63) is 34.7 Å². The normalized spacial score (nSPS) is 16.6. The molecule has 0 radical (unpaired) electrons. The van der Waals surface area contributed by atoms with Gasteiger partial charge in [-0.25, -0.2) is 0 Å². The van der Waals surface area contributed by atoms with Crippen LogP contribution in [0.1, 0.15) is 11.1 Å². The Bertz CT molecular complexity index is 458. The highest BCUT2D eigenvalue weighted by molar-refractivity contribution is 7.17. The van der Waals surface area contributed by atoms with E-state index in [0.29, 0.717) is 0 Å². The average molecular weight is 203 g/mol. The number of hydrogen-bond donors (Lipinski definition) is 1. The van der Waals surface area contributed by atoms with Crippen molar-refractivity contribution in [2.75, 3.05) is 13.1 Å². The molecule has 0 bridgehead atoms. The summed E-state index contributed by atoms with van der Waals surface area (Å²) in [5.74, 6) is 0. The summed E-state index contributed by atoms with van der Waals surface area (Å²) >= 11 is 1.85. The summed E-state index contributed by atoms with van der Waals surface area (Å²) in [4.78, 5) is 0. The molecule has 1 aromatic carbocycles. The number of hydrogen-bond acceptors (Lipinski definition) is 2. The van der Waals surface area contributed by atoms with Gasteiger partial charge in [0, 0.05) is 4.70 Å². The lowest BCUT2D eigenvalue weighted by atomic mass is 10.00. The van der Waals surface area contributed by atoms with Crippen LogP contribution in [-0.4, -0.2) is 13.1 Å². The highest BCUT2D eigenvalue weighted by Gasteiger charge is 2.10. The fourth-order valence-electron chi connectivity index (χ4n) is 2.24. The first-order valence-corrected chi connectivity index (χ1v) is 6.02. The van der Waals surface area contributed by atoms with Crippen LogP contribution in [0.4, 0.5) is 0 Å². The van der Waals surface area contributed by atoms with E-state index in [9.17, 15) is 0 Å². The summed E-state index contributed by atoms with van der Waals surface area (Å²) in [7, 11) is 0. The molecule has 1 aromatic heterocycles. The summed E-state index contributed by atoms with van der Waals surface area (Å²) in [6, 6.07) is 6.84. The van der Waals surface area contributed by atoms with Crippen molar-refractivity contribution < 1.29 is 0 Å². The zero-order valence-electron chi connectivity index (χ0n) is 8.05. The molecule has 2 aromatic rings. The number of nitrogens with one attached hydrogen (secondary N) is 1. The van der Waals surface area contributed by atoms with Gasteiger partial charge in [0.05, 0.1) is 0 Å². The van der Waals surface area contributed by atoms with Crippen LogP contribution in [0.15, 0.2) is 23.6 Å². The second-order valence-corrected chi connectivity index (χ2v) is 4.73. The monoisotopic (exact) mass is 203 g/mol. The van der Waals surface area contributed by atoms with Gasteiger partial charge < -0.3 is 5.32 Å². The van der Waals surface area contributed by atoms with Gasteiger partial charge in [0.15, 0.2) is 0 Å². The third-order valence-electron chi connectivity index (χ3n) is 2.97. The molecule has 2 heteroatoms. The van der Waals surface area contributed by atoms with E-state index in [1.165, 1.54) is 22.9 Å². The Morgan fingerprint density at radius 3 is 3.00 bits per heavy atom. The van der Waals surface area contributed by atoms with Crippen molar-refractivity contribution in [3.8, 4) is 0 Å². The van der Waals surface area contributed by atoms with Crippen molar-refractivity contribution in [1.82, 2.24) is 5.32 Å². The van der Waals surface area contributed by atoms with E-state index in [2.05, 4.69) is 28.9 Å². The van der Waals surface area contributed by atoms with Gasteiger partial charge in [-0.2, -0.15) is 0 Å². The van der Waals surface area contributed by atoms with Gasteiger partial charge in [-0.15, -0.1) is 11.3 Å². The van der Waals surface area contributed by atoms with Crippen LogP contribution in [0, 0.1) is 0 Å². The van der Waals surface area contributed by atoms with Crippen molar-refractivity contribution in [1.29, 1.82) is 0 Å². The molecule has 0 amide bonds. The molecular formula is C12H13NS.